The van der Waals surface area contributed by atoms with Crippen molar-refractivity contribution >= 4 is 5.82 Å². The number of benzene rings is 1. The van der Waals surface area contributed by atoms with Gasteiger partial charge in [-0.05, 0) is 5.56 Å². The molecule has 0 unspecified atom stereocenters. The van der Waals surface area contributed by atoms with Crippen molar-refractivity contribution in [3.05, 3.63) is 56.7 Å². The summed E-state index contributed by atoms with van der Waals surface area (Å²) in [5, 5.41) is 5.75. The number of nitrogens with zero attached hydrogens (tertiary/aromatic N) is 2. The van der Waals surface area contributed by atoms with Gasteiger partial charge < -0.3 is 0 Å². The molecule has 0 bridgehead atoms. The van der Waals surface area contributed by atoms with Gasteiger partial charge in [0.1, 0.15) is 0 Å². The van der Waals surface area contributed by atoms with Crippen LogP contribution in [0.15, 0.2) is 39.9 Å². The number of hydrogen-bond donors (Lipinski definition) is 1. The summed E-state index contributed by atoms with van der Waals surface area (Å²) in [5.74, 6) is 0.320. The molecule has 0 spiro atoms. The van der Waals surface area contributed by atoms with Gasteiger partial charge in [0.25, 0.3) is 0 Å². The fourth-order valence-corrected chi connectivity index (χ4v) is 1.83. The first-order chi connectivity index (χ1) is 9.09. The monoisotopic (exact) mass is 261 g/mol. The van der Waals surface area contributed by atoms with E-state index in [0.717, 1.165) is 11.0 Å². The van der Waals surface area contributed by atoms with Gasteiger partial charge in [-0.2, -0.15) is 9.78 Å². The van der Waals surface area contributed by atoms with E-state index < -0.39 is 0 Å². The van der Waals surface area contributed by atoms with E-state index in [2.05, 4.69) is 10.4 Å². The Morgan fingerprint density at radius 3 is 2.53 bits per heavy atom. The van der Waals surface area contributed by atoms with Crippen LogP contribution in [0.3, 0.4) is 0 Å². The van der Waals surface area contributed by atoms with Gasteiger partial charge in [-0.1, -0.05) is 30.3 Å². The SMILES string of the molecule is Cn1[nH+]c(NCCc2ccccc2)c(=O)n(C)c1=O. The van der Waals surface area contributed by atoms with Gasteiger partial charge in [0.15, 0.2) is 0 Å². The van der Waals surface area contributed by atoms with Gasteiger partial charge in [0.05, 0.1) is 13.6 Å². The highest BCUT2D eigenvalue weighted by Gasteiger charge is 2.13. The number of hydrogen-bond acceptors (Lipinski definition) is 3. The maximum Gasteiger partial charge on any atom is 0.361 e. The van der Waals surface area contributed by atoms with Crippen molar-refractivity contribution in [1.29, 1.82) is 0 Å². The number of aromatic amines is 1. The smallest absolute Gasteiger partial charge is 0.268 e. The zero-order valence-electron chi connectivity index (χ0n) is 11.0. The zero-order chi connectivity index (χ0) is 13.8. The third kappa shape index (κ3) is 2.90. The highest BCUT2D eigenvalue weighted by Crippen LogP contribution is 1.99. The molecular weight excluding hydrogens is 244 g/mol. The van der Waals surface area contributed by atoms with Gasteiger partial charge in [-0.3, -0.25) is 14.7 Å². The Morgan fingerprint density at radius 1 is 1.16 bits per heavy atom. The van der Waals surface area contributed by atoms with E-state index in [1.165, 1.54) is 17.3 Å². The van der Waals surface area contributed by atoms with Crippen molar-refractivity contribution in [3.63, 3.8) is 0 Å². The first-order valence-electron chi connectivity index (χ1n) is 6.06. The molecule has 1 aromatic heterocycles. The molecule has 1 aromatic carbocycles. The van der Waals surface area contributed by atoms with Crippen LogP contribution in [0.25, 0.3) is 0 Å². The number of anilines is 1. The Hall–Kier alpha value is -2.37. The Bertz CT molecular complexity index is 673. The van der Waals surface area contributed by atoms with Crippen molar-refractivity contribution in [3.8, 4) is 0 Å². The Morgan fingerprint density at radius 2 is 1.84 bits per heavy atom. The molecular formula is C13H17N4O2+. The molecule has 0 saturated carbocycles. The van der Waals surface area contributed by atoms with E-state index in [1.54, 1.807) is 7.05 Å². The summed E-state index contributed by atoms with van der Waals surface area (Å²) in [6.07, 6.45) is 0.806. The predicted octanol–water partition coefficient (Wildman–Crippen LogP) is -0.447. The molecule has 2 aromatic rings. The molecule has 2 N–H and O–H groups in total. The lowest BCUT2D eigenvalue weighted by atomic mass is 10.1. The molecule has 0 fully saturated rings. The molecule has 6 nitrogen and oxygen atoms in total. The molecule has 0 radical (unpaired) electrons. The van der Waals surface area contributed by atoms with E-state index in [0.29, 0.717) is 12.4 Å². The standard InChI is InChI=1S/C13H16N4O2/c1-16-12(18)11(15-17(2)13(16)19)14-9-8-10-6-4-3-5-7-10/h3-7H,8-9H2,1-2H3,(H,14,15)/p+1. The van der Waals surface area contributed by atoms with Gasteiger partial charge >= 0.3 is 17.1 Å². The minimum absolute atomic E-state index is 0.320. The Labute approximate surface area is 110 Å². The second-order valence-electron chi connectivity index (χ2n) is 4.35. The first kappa shape index (κ1) is 13.1. The average Bonchev–Trinajstić information content (AvgIpc) is 2.43. The van der Waals surface area contributed by atoms with Gasteiger partial charge in [-0.25, -0.2) is 4.79 Å². The van der Waals surface area contributed by atoms with E-state index in [4.69, 9.17) is 0 Å². The zero-order valence-corrected chi connectivity index (χ0v) is 11.0. The van der Waals surface area contributed by atoms with Crippen LogP contribution in [0.5, 0.6) is 0 Å². The fraction of sp³-hybridized carbons (Fsp3) is 0.308. The van der Waals surface area contributed by atoms with Crippen LogP contribution >= 0.6 is 0 Å². The molecule has 0 aliphatic rings. The average molecular weight is 261 g/mol. The predicted molar refractivity (Wildman–Crippen MR) is 72.1 cm³/mol. The van der Waals surface area contributed by atoms with Crippen LogP contribution in [-0.2, 0) is 20.5 Å². The summed E-state index contributed by atoms with van der Waals surface area (Å²) >= 11 is 0. The van der Waals surface area contributed by atoms with Crippen molar-refractivity contribution in [2.24, 2.45) is 14.1 Å². The maximum atomic E-state index is 11.8. The molecule has 0 atom stereocenters. The first-order valence-corrected chi connectivity index (χ1v) is 6.06. The van der Waals surface area contributed by atoms with Gasteiger partial charge in [-0.15, -0.1) is 0 Å². The third-order valence-corrected chi connectivity index (χ3v) is 2.93. The second-order valence-corrected chi connectivity index (χ2v) is 4.35. The second kappa shape index (κ2) is 5.51. The fourth-order valence-electron chi connectivity index (χ4n) is 1.83. The van der Waals surface area contributed by atoms with Gasteiger partial charge in [0.2, 0.25) is 0 Å². The number of nitrogens with one attached hydrogen (secondary N) is 2. The van der Waals surface area contributed by atoms with Crippen LogP contribution in [0.1, 0.15) is 5.56 Å². The largest absolute Gasteiger partial charge is 0.361 e. The molecule has 2 rings (SSSR count). The van der Waals surface area contributed by atoms with E-state index >= 15 is 0 Å². The number of rotatable bonds is 4. The summed E-state index contributed by atoms with van der Waals surface area (Å²) in [4.78, 5) is 23.3. The van der Waals surface area contributed by atoms with Crippen molar-refractivity contribution < 1.29 is 5.10 Å². The van der Waals surface area contributed by atoms with Crippen LogP contribution in [-0.4, -0.2) is 15.8 Å². The van der Waals surface area contributed by atoms with Crippen molar-refractivity contribution in [2.75, 3.05) is 11.9 Å². The number of aromatic nitrogens is 3. The number of H-pyrrole nitrogens is 1. The highest BCUT2D eigenvalue weighted by atomic mass is 16.2. The quantitative estimate of drug-likeness (QED) is 0.810. The molecule has 0 saturated heterocycles. The summed E-state index contributed by atoms with van der Waals surface area (Å²) in [6, 6.07) is 9.99. The van der Waals surface area contributed by atoms with E-state index in [9.17, 15) is 9.59 Å². The lowest BCUT2D eigenvalue weighted by molar-refractivity contribution is -0.482. The molecule has 19 heavy (non-hydrogen) atoms. The molecule has 100 valence electrons. The highest BCUT2D eigenvalue weighted by molar-refractivity contribution is 5.24. The van der Waals surface area contributed by atoms with Crippen LogP contribution < -0.4 is 21.7 Å². The maximum absolute atomic E-state index is 11.8. The Kier molecular flexibility index (Phi) is 3.79. The van der Waals surface area contributed by atoms with Crippen LogP contribution in [0, 0.1) is 0 Å². The molecule has 0 amide bonds. The van der Waals surface area contributed by atoms with E-state index in [-0.39, 0.29) is 11.2 Å². The van der Waals surface area contributed by atoms with Crippen molar-refractivity contribution in [1.82, 2.24) is 9.25 Å². The summed E-state index contributed by atoms with van der Waals surface area (Å²) in [7, 11) is 3.03. The Balaban J connectivity index is 2.09. The van der Waals surface area contributed by atoms with Crippen LogP contribution in [0.2, 0.25) is 0 Å². The normalized spacial score (nSPS) is 10.4. The van der Waals surface area contributed by atoms with Gasteiger partial charge in [0, 0.05) is 13.5 Å². The third-order valence-electron chi connectivity index (χ3n) is 2.93. The minimum Gasteiger partial charge on any atom is -0.268 e. The molecule has 0 aliphatic heterocycles. The summed E-state index contributed by atoms with van der Waals surface area (Å²) in [6.45, 7) is 0.619. The minimum atomic E-state index is -0.376. The topological polar surface area (TPSA) is 70.2 Å². The molecule has 1 heterocycles. The van der Waals surface area contributed by atoms with E-state index in [1.807, 2.05) is 30.3 Å². The lowest BCUT2D eigenvalue weighted by Crippen LogP contribution is -2.48. The van der Waals surface area contributed by atoms with Crippen molar-refractivity contribution in [2.45, 2.75) is 6.42 Å². The molecule has 0 aliphatic carbocycles. The summed E-state index contributed by atoms with van der Waals surface area (Å²) in [5.41, 5.74) is 0.464. The summed E-state index contributed by atoms with van der Waals surface area (Å²) < 4.78 is 2.34. The van der Waals surface area contributed by atoms with Crippen LogP contribution in [0.4, 0.5) is 5.82 Å². The molecule has 6 heteroatoms. The number of aryl methyl sites for hydroxylation is 1. The lowest BCUT2D eigenvalue weighted by Gasteiger charge is -2.03.